The highest BCUT2D eigenvalue weighted by Gasteiger charge is 2.14. The van der Waals surface area contributed by atoms with Crippen molar-refractivity contribution in [1.82, 2.24) is 0 Å². The normalized spacial score (nSPS) is 14.0. The summed E-state index contributed by atoms with van der Waals surface area (Å²) < 4.78 is 5.75. The molecule has 1 saturated heterocycles. The average Bonchev–Trinajstić information content (AvgIpc) is 3.11. The molecule has 1 heterocycles. The van der Waals surface area contributed by atoms with Crippen LogP contribution in [0.1, 0.15) is 37.0 Å². The number of hydrogen-bond acceptors (Lipinski definition) is 3. The fourth-order valence-corrected chi connectivity index (χ4v) is 2.92. The molecule has 0 unspecified atom stereocenters. The molecule has 1 amide bonds. The van der Waals surface area contributed by atoms with Crippen LogP contribution in [0.4, 0.5) is 11.4 Å². The van der Waals surface area contributed by atoms with Crippen LogP contribution in [-0.2, 0) is 0 Å². The van der Waals surface area contributed by atoms with Crippen molar-refractivity contribution in [2.45, 2.75) is 32.8 Å². The van der Waals surface area contributed by atoms with E-state index in [-0.39, 0.29) is 12.0 Å². The molecular formula is C20H24N2O2. The molecule has 2 aromatic carbocycles. The first-order valence-corrected chi connectivity index (χ1v) is 8.55. The molecule has 1 aliphatic rings. The highest BCUT2D eigenvalue weighted by atomic mass is 16.5. The maximum absolute atomic E-state index is 12.5. The molecule has 126 valence electrons. The smallest absolute Gasteiger partial charge is 0.255 e. The molecule has 0 saturated carbocycles. The number of carbonyl (C=O) groups is 1. The third-order valence-corrected chi connectivity index (χ3v) is 4.10. The zero-order chi connectivity index (χ0) is 16.9. The van der Waals surface area contributed by atoms with E-state index in [2.05, 4.69) is 10.2 Å². The molecule has 4 heteroatoms. The number of benzene rings is 2. The van der Waals surface area contributed by atoms with Crippen molar-refractivity contribution in [2.75, 3.05) is 23.3 Å². The summed E-state index contributed by atoms with van der Waals surface area (Å²) in [7, 11) is 0. The van der Waals surface area contributed by atoms with Gasteiger partial charge in [0.25, 0.3) is 5.91 Å². The van der Waals surface area contributed by atoms with E-state index in [1.54, 1.807) is 0 Å². The van der Waals surface area contributed by atoms with Crippen molar-refractivity contribution in [3.8, 4) is 5.75 Å². The van der Waals surface area contributed by atoms with Crippen LogP contribution in [0.25, 0.3) is 0 Å². The lowest BCUT2D eigenvalue weighted by molar-refractivity contribution is 0.102. The number of amides is 1. The van der Waals surface area contributed by atoms with E-state index in [0.717, 1.165) is 13.1 Å². The van der Waals surface area contributed by atoms with Crippen LogP contribution >= 0.6 is 0 Å². The van der Waals surface area contributed by atoms with Gasteiger partial charge >= 0.3 is 0 Å². The number of para-hydroxylation sites is 2. The second-order valence-corrected chi connectivity index (χ2v) is 6.36. The van der Waals surface area contributed by atoms with Crippen molar-refractivity contribution < 1.29 is 9.53 Å². The minimum Gasteiger partial charge on any atom is -0.489 e. The van der Waals surface area contributed by atoms with Gasteiger partial charge in [0.2, 0.25) is 0 Å². The molecule has 2 aromatic rings. The molecule has 0 aromatic heterocycles. The van der Waals surface area contributed by atoms with E-state index < -0.39 is 0 Å². The van der Waals surface area contributed by atoms with Crippen molar-refractivity contribution >= 4 is 17.3 Å². The Morgan fingerprint density at radius 1 is 1.04 bits per heavy atom. The average molecular weight is 324 g/mol. The number of ether oxygens (including phenoxy) is 1. The minimum atomic E-state index is -0.122. The number of nitrogens with one attached hydrogen (secondary N) is 1. The number of nitrogens with zero attached hydrogens (tertiary/aromatic N) is 1. The van der Waals surface area contributed by atoms with E-state index in [9.17, 15) is 4.79 Å². The van der Waals surface area contributed by atoms with E-state index >= 15 is 0 Å². The van der Waals surface area contributed by atoms with Crippen LogP contribution in [0.3, 0.4) is 0 Å². The largest absolute Gasteiger partial charge is 0.489 e. The summed E-state index contributed by atoms with van der Waals surface area (Å²) in [6.45, 7) is 6.14. The summed E-state index contributed by atoms with van der Waals surface area (Å²) >= 11 is 0. The zero-order valence-electron chi connectivity index (χ0n) is 14.3. The van der Waals surface area contributed by atoms with E-state index in [1.165, 1.54) is 18.5 Å². The van der Waals surface area contributed by atoms with Gasteiger partial charge in [0, 0.05) is 24.3 Å². The number of anilines is 2. The molecule has 0 spiro atoms. The number of hydrogen-bond donors (Lipinski definition) is 1. The first-order valence-electron chi connectivity index (χ1n) is 8.55. The summed E-state index contributed by atoms with van der Waals surface area (Å²) in [5.41, 5.74) is 2.53. The monoisotopic (exact) mass is 324 g/mol. The Bertz CT molecular complexity index is 689. The fourth-order valence-electron chi connectivity index (χ4n) is 2.92. The van der Waals surface area contributed by atoms with Gasteiger partial charge in [0.1, 0.15) is 5.75 Å². The summed E-state index contributed by atoms with van der Waals surface area (Å²) in [5.74, 6) is 0.567. The second-order valence-electron chi connectivity index (χ2n) is 6.36. The lowest BCUT2D eigenvalue weighted by Gasteiger charge is -2.18. The van der Waals surface area contributed by atoms with Crippen LogP contribution in [0, 0.1) is 0 Å². The van der Waals surface area contributed by atoms with Crippen molar-refractivity contribution in [3.63, 3.8) is 0 Å². The van der Waals surface area contributed by atoms with E-state index in [0.29, 0.717) is 17.0 Å². The quantitative estimate of drug-likeness (QED) is 0.890. The Labute approximate surface area is 143 Å². The van der Waals surface area contributed by atoms with Gasteiger partial charge in [-0.15, -0.1) is 0 Å². The van der Waals surface area contributed by atoms with Crippen LogP contribution in [0.5, 0.6) is 5.75 Å². The van der Waals surface area contributed by atoms with Gasteiger partial charge in [0.15, 0.2) is 0 Å². The molecule has 0 aliphatic carbocycles. The van der Waals surface area contributed by atoms with Gasteiger partial charge in [0.05, 0.1) is 11.8 Å². The molecule has 1 aliphatic heterocycles. The Morgan fingerprint density at radius 2 is 1.71 bits per heavy atom. The van der Waals surface area contributed by atoms with Gasteiger partial charge in [-0.3, -0.25) is 4.79 Å². The molecule has 0 radical (unpaired) electrons. The number of rotatable bonds is 5. The van der Waals surface area contributed by atoms with Crippen molar-refractivity contribution in [1.29, 1.82) is 0 Å². The zero-order valence-corrected chi connectivity index (χ0v) is 14.3. The maximum atomic E-state index is 12.5. The Morgan fingerprint density at radius 3 is 2.38 bits per heavy atom. The summed E-state index contributed by atoms with van der Waals surface area (Å²) in [5, 5.41) is 2.94. The van der Waals surface area contributed by atoms with Gasteiger partial charge in [-0.25, -0.2) is 0 Å². The molecule has 4 nitrogen and oxygen atoms in total. The Kier molecular flexibility index (Phi) is 5.04. The maximum Gasteiger partial charge on any atom is 0.255 e. The predicted molar refractivity (Wildman–Crippen MR) is 98.0 cm³/mol. The van der Waals surface area contributed by atoms with Crippen molar-refractivity contribution in [2.24, 2.45) is 0 Å². The standard InChI is InChI=1S/C20H24N2O2/c1-15(2)24-19-8-4-3-7-18(19)21-20(23)16-9-11-17(12-10-16)22-13-5-6-14-22/h3-4,7-12,15H,5-6,13-14H2,1-2H3,(H,21,23). The van der Waals surface area contributed by atoms with Gasteiger partial charge in [-0.2, -0.15) is 0 Å². The SMILES string of the molecule is CC(C)Oc1ccccc1NC(=O)c1ccc(N2CCCC2)cc1. The van der Waals surface area contributed by atoms with Crippen LogP contribution < -0.4 is 15.0 Å². The highest BCUT2D eigenvalue weighted by Crippen LogP contribution is 2.26. The lowest BCUT2D eigenvalue weighted by Crippen LogP contribution is -2.18. The summed E-state index contributed by atoms with van der Waals surface area (Å²) in [6.07, 6.45) is 2.55. The lowest BCUT2D eigenvalue weighted by atomic mass is 10.1. The predicted octanol–water partition coefficient (Wildman–Crippen LogP) is 4.33. The first-order chi connectivity index (χ1) is 11.6. The van der Waals surface area contributed by atoms with E-state index in [1.807, 2.05) is 62.4 Å². The van der Waals surface area contributed by atoms with Gasteiger partial charge in [-0.1, -0.05) is 12.1 Å². The highest BCUT2D eigenvalue weighted by molar-refractivity contribution is 6.05. The Hall–Kier alpha value is -2.49. The summed E-state index contributed by atoms with van der Waals surface area (Å²) in [6, 6.07) is 15.3. The van der Waals surface area contributed by atoms with Crippen LogP contribution in [0.2, 0.25) is 0 Å². The molecular weight excluding hydrogens is 300 g/mol. The van der Waals surface area contributed by atoms with Crippen LogP contribution in [-0.4, -0.2) is 25.1 Å². The Balaban J connectivity index is 1.71. The topological polar surface area (TPSA) is 41.6 Å². The number of carbonyl (C=O) groups excluding carboxylic acids is 1. The minimum absolute atomic E-state index is 0.0581. The fraction of sp³-hybridized carbons (Fsp3) is 0.350. The molecule has 0 atom stereocenters. The first kappa shape index (κ1) is 16.4. The second kappa shape index (κ2) is 7.39. The molecule has 0 bridgehead atoms. The molecule has 24 heavy (non-hydrogen) atoms. The summed E-state index contributed by atoms with van der Waals surface area (Å²) in [4.78, 5) is 14.9. The molecule has 3 rings (SSSR count). The van der Waals surface area contributed by atoms with E-state index in [4.69, 9.17) is 4.74 Å². The van der Waals surface area contributed by atoms with Gasteiger partial charge < -0.3 is 15.0 Å². The third kappa shape index (κ3) is 3.88. The molecule has 1 N–H and O–H groups in total. The van der Waals surface area contributed by atoms with Crippen molar-refractivity contribution in [3.05, 3.63) is 54.1 Å². The van der Waals surface area contributed by atoms with Crippen LogP contribution in [0.15, 0.2) is 48.5 Å². The third-order valence-electron chi connectivity index (χ3n) is 4.10. The van der Waals surface area contributed by atoms with Gasteiger partial charge in [-0.05, 0) is 63.1 Å². The molecule has 1 fully saturated rings.